The quantitative estimate of drug-likeness (QED) is 0.552. The number of hydrogen-bond acceptors (Lipinski definition) is 5. The molecule has 160 valence electrons. The fourth-order valence-corrected chi connectivity index (χ4v) is 4.68. The van der Waals surface area contributed by atoms with Gasteiger partial charge in [-0.05, 0) is 62.5 Å². The van der Waals surface area contributed by atoms with E-state index in [1.54, 1.807) is 0 Å². The molecule has 0 aromatic carbocycles. The molecule has 6 nitrogen and oxygen atoms in total. The van der Waals surface area contributed by atoms with Crippen molar-refractivity contribution >= 4 is 23.3 Å². The predicted molar refractivity (Wildman–Crippen MR) is 120 cm³/mol. The van der Waals surface area contributed by atoms with Gasteiger partial charge in [-0.25, -0.2) is 9.97 Å². The number of nitrogens with zero attached hydrogens (tertiary/aromatic N) is 5. The van der Waals surface area contributed by atoms with Crippen molar-refractivity contribution in [3.05, 3.63) is 51.9 Å². The number of carbonyl (C=O) groups excluding carboxylic acids is 1. The van der Waals surface area contributed by atoms with Gasteiger partial charge >= 0.3 is 0 Å². The summed E-state index contributed by atoms with van der Waals surface area (Å²) in [5.74, 6) is 0.998. The Bertz CT molecular complexity index is 891. The standard InChI is InChI=1S/C23H30ClN5O/c1-27(2)16-17-8-9-20(25-14-17)28-10-12-29(13-11-28)23(30)21-19-7-5-3-4-6-18(19)15-26-22(21)24/h8-9,14-15H,3-7,10-13,16H2,1-2H3. The van der Waals surface area contributed by atoms with Gasteiger partial charge in [0.05, 0.1) is 5.56 Å². The number of aryl methyl sites for hydroxylation is 1. The summed E-state index contributed by atoms with van der Waals surface area (Å²) in [5, 5.41) is 0.348. The van der Waals surface area contributed by atoms with Crippen molar-refractivity contribution in [3.8, 4) is 0 Å². The van der Waals surface area contributed by atoms with Crippen LogP contribution < -0.4 is 4.90 Å². The zero-order valence-corrected chi connectivity index (χ0v) is 18.7. The molecule has 0 spiro atoms. The molecule has 1 saturated heterocycles. The molecule has 0 atom stereocenters. The molecule has 0 radical (unpaired) electrons. The molecule has 2 aliphatic rings. The summed E-state index contributed by atoms with van der Waals surface area (Å²) >= 11 is 6.42. The molecule has 2 aromatic rings. The summed E-state index contributed by atoms with van der Waals surface area (Å²) in [7, 11) is 4.11. The maximum absolute atomic E-state index is 13.4. The van der Waals surface area contributed by atoms with Gasteiger partial charge in [-0.15, -0.1) is 0 Å². The van der Waals surface area contributed by atoms with Crippen LogP contribution in [0.3, 0.4) is 0 Å². The van der Waals surface area contributed by atoms with Crippen LogP contribution in [0.2, 0.25) is 5.15 Å². The van der Waals surface area contributed by atoms with Gasteiger partial charge in [0.1, 0.15) is 11.0 Å². The minimum absolute atomic E-state index is 0.0280. The summed E-state index contributed by atoms with van der Waals surface area (Å²) < 4.78 is 0. The summed E-state index contributed by atoms with van der Waals surface area (Å²) in [6.07, 6.45) is 9.17. The van der Waals surface area contributed by atoms with E-state index in [0.717, 1.165) is 56.7 Å². The molecule has 0 saturated carbocycles. The smallest absolute Gasteiger partial charge is 0.257 e. The molecule has 1 aliphatic carbocycles. The number of rotatable bonds is 4. The molecule has 1 fully saturated rings. The highest BCUT2D eigenvalue weighted by molar-refractivity contribution is 6.32. The van der Waals surface area contributed by atoms with Crippen molar-refractivity contribution in [1.29, 1.82) is 0 Å². The average Bonchev–Trinajstić information content (AvgIpc) is 2.99. The van der Waals surface area contributed by atoms with E-state index in [-0.39, 0.29) is 5.91 Å². The fourth-order valence-electron chi connectivity index (χ4n) is 4.43. The van der Waals surface area contributed by atoms with E-state index in [2.05, 4.69) is 46.0 Å². The highest BCUT2D eigenvalue weighted by Crippen LogP contribution is 2.29. The first kappa shape index (κ1) is 21.1. The number of piperazine rings is 1. The molecule has 30 heavy (non-hydrogen) atoms. The molecule has 2 aromatic heterocycles. The van der Waals surface area contributed by atoms with Crippen LogP contribution in [0.5, 0.6) is 0 Å². The molecular formula is C23H30ClN5O. The molecule has 0 bridgehead atoms. The number of halogens is 1. The van der Waals surface area contributed by atoms with Gasteiger partial charge in [-0.2, -0.15) is 0 Å². The van der Waals surface area contributed by atoms with E-state index < -0.39 is 0 Å². The highest BCUT2D eigenvalue weighted by Gasteiger charge is 2.28. The lowest BCUT2D eigenvalue weighted by Gasteiger charge is -2.36. The predicted octanol–water partition coefficient (Wildman–Crippen LogP) is 3.42. The van der Waals surface area contributed by atoms with Crippen molar-refractivity contribution in [2.24, 2.45) is 0 Å². The first-order valence-electron chi connectivity index (χ1n) is 10.8. The maximum atomic E-state index is 13.4. The maximum Gasteiger partial charge on any atom is 0.257 e. The zero-order chi connectivity index (χ0) is 21.1. The van der Waals surface area contributed by atoms with E-state index in [1.165, 1.54) is 17.5 Å². The summed E-state index contributed by atoms with van der Waals surface area (Å²) in [6.45, 7) is 3.75. The first-order chi connectivity index (χ1) is 14.5. The molecule has 4 rings (SSSR count). The van der Waals surface area contributed by atoms with Crippen molar-refractivity contribution in [2.75, 3.05) is 45.2 Å². The van der Waals surface area contributed by atoms with Gasteiger partial charge in [-0.3, -0.25) is 4.79 Å². The molecule has 7 heteroatoms. The molecular weight excluding hydrogens is 398 g/mol. The topological polar surface area (TPSA) is 52.6 Å². The Morgan fingerprint density at radius 2 is 1.80 bits per heavy atom. The third kappa shape index (κ3) is 4.60. The van der Waals surface area contributed by atoms with Crippen LogP contribution in [-0.2, 0) is 19.4 Å². The van der Waals surface area contributed by atoms with Crippen molar-refractivity contribution in [1.82, 2.24) is 19.8 Å². The lowest BCUT2D eigenvalue weighted by molar-refractivity contribution is 0.0745. The van der Waals surface area contributed by atoms with Gasteiger partial charge in [0, 0.05) is 45.1 Å². The Morgan fingerprint density at radius 3 is 2.50 bits per heavy atom. The largest absolute Gasteiger partial charge is 0.353 e. The van der Waals surface area contributed by atoms with Crippen molar-refractivity contribution < 1.29 is 4.79 Å². The number of aromatic nitrogens is 2. The number of fused-ring (bicyclic) bond motifs is 1. The lowest BCUT2D eigenvalue weighted by atomic mass is 9.99. The summed E-state index contributed by atoms with van der Waals surface area (Å²) in [6, 6.07) is 4.21. The normalized spacial score (nSPS) is 17.1. The number of hydrogen-bond donors (Lipinski definition) is 0. The lowest BCUT2D eigenvalue weighted by Crippen LogP contribution is -2.49. The van der Waals surface area contributed by atoms with Gasteiger partial charge in [0.2, 0.25) is 0 Å². The van der Waals surface area contributed by atoms with Crippen LogP contribution in [0, 0.1) is 0 Å². The molecule has 0 N–H and O–H groups in total. The third-order valence-corrected chi connectivity index (χ3v) is 6.30. The number of carbonyl (C=O) groups is 1. The van der Waals surface area contributed by atoms with Crippen LogP contribution in [0.25, 0.3) is 0 Å². The van der Waals surface area contributed by atoms with Gasteiger partial charge in [0.25, 0.3) is 5.91 Å². The third-order valence-electron chi connectivity index (χ3n) is 6.01. The monoisotopic (exact) mass is 427 g/mol. The Morgan fingerprint density at radius 1 is 1.03 bits per heavy atom. The minimum atomic E-state index is 0.0280. The Hall–Kier alpha value is -2.18. The fraction of sp³-hybridized carbons (Fsp3) is 0.522. The Balaban J connectivity index is 1.44. The minimum Gasteiger partial charge on any atom is -0.353 e. The van der Waals surface area contributed by atoms with E-state index >= 15 is 0 Å². The second-order valence-electron chi connectivity index (χ2n) is 8.53. The van der Waals surface area contributed by atoms with E-state index in [4.69, 9.17) is 11.6 Å². The SMILES string of the molecule is CN(C)Cc1ccc(N2CCN(C(=O)c3c(Cl)ncc4c3CCCCC4)CC2)nc1. The van der Waals surface area contributed by atoms with Crippen molar-refractivity contribution in [3.63, 3.8) is 0 Å². The Labute approximate surface area is 183 Å². The molecule has 1 aliphatic heterocycles. The molecule has 3 heterocycles. The van der Waals surface area contributed by atoms with Crippen LogP contribution in [0.1, 0.15) is 46.3 Å². The van der Waals surface area contributed by atoms with Crippen LogP contribution in [0.15, 0.2) is 24.5 Å². The summed E-state index contributed by atoms with van der Waals surface area (Å²) in [4.78, 5) is 28.6. The highest BCUT2D eigenvalue weighted by atomic mass is 35.5. The van der Waals surface area contributed by atoms with E-state index in [1.807, 2.05) is 17.3 Å². The second kappa shape index (κ2) is 9.31. The second-order valence-corrected chi connectivity index (χ2v) is 8.89. The van der Waals surface area contributed by atoms with Crippen LogP contribution >= 0.6 is 11.6 Å². The number of amides is 1. The Kier molecular flexibility index (Phi) is 6.54. The molecule has 1 amide bonds. The van der Waals surface area contributed by atoms with E-state index in [0.29, 0.717) is 23.8 Å². The first-order valence-corrected chi connectivity index (χ1v) is 11.2. The zero-order valence-electron chi connectivity index (χ0n) is 17.9. The van der Waals surface area contributed by atoms with Gasteiger partial charge in [-0.1, -0.05) is 24.1 Å². The van der Waals surface area contributed by atoms with Crippen molar-refractivity contribution in [2.45, 2.75) is 38.6 Å². The summed E-state index contributed by atoms with van der Waals surface area (Å²) in [5.41, 5.74) is 4.15. The van der Waals surface area contributed by atoms with Gasteiger partial charge < -0.3 is 14.7 Å². The number of anilines is 1. The van der Waals surface area contributed by atoms with Crippen LogP contribution in [-0.4, -0.2) is 65.9 Å². The average molecular weight is 428 g/mol. The van der Waals surface area contributed by atoms with E-state index in [9.17, 15) is 4.79 Å². The number of pyridine rings is 2. The van der Waals surface area contributed by atoms with Crippen LogP contribution in [0.4, 0.5) is 5.82 Å². The molecule has 0 unspecified atom stereocenters. The van der Waals surface area contributed by atoms with Gasteiger partial charge in [0.15, 0.2) is 0 Å².